The third-order valence-electron chi connectivity index (χ3n) is 2.91. The van der Waals surface area contributed by atoms with E-state index < -0.39 is 12.1 Å². The van der Waals surface area contributed by atoms with Crippen molar-refractivity contribution in [3.63, 3.8) is 0 Å². The molecule has 1 aliphatic rings. The van der Waals surface area contributed by atoms with E-state index in [1.165, 1.54) is 0 Å². The Balaban J connectivity index is 2.20. The van der Waals surface area contributed by atoms with Crippen LogP contribution in [-0.2, 0) is 16.0 Å². The molecule has 6 heteroatoms. The van der Waals surface area contributed by atoms with E-state index in [4.69, 9.17) is 9.84 Å². The molecule has 18 heavy (non-hydrogen) atoms. The predicted octanol–water partition coefficient (Wildman–Crippen LogP) is 0.637. The number of carboxylic acids is 1. The second-order valence-corrected chi connectivity index (χ2v) is 4.26. The normalized spacial score (nSPS) is 19.9. The smallest absolute Gasteiger partial charge is 0.334 e. The van der Waals surface area contributed by atoms with Crippen LogP contribution in [0.3, 0.4) is 0 Å². The number of anilines is 1. The van der Waals surface area contributed by atoms with E-state index in [-0.39, 0.29) is 0 Å². The first-order chi connectivity index (χ1) is 8.60. The minimum absolute atomic E-state index is 0.328. The number of aryl methyl sites for hydroxylation is 2. The highest BCUT2D eigenvalue weighted by Gasteiger charge is 2.27. The lowest BCUT2D eigenvalue weighted by molar-refractivity contribution is -0.150. The fourth-order valence-corrected chi connectivity index (χ4v) is 1.96. The zero-order valence-corrected chi connectivity index (χ0v) is 10.6. The minimum atomic E-state index is -0.929. The summed E-state index contributed by atoms with van der Waals surface area (Å²) in [6.45, 7) is 5.27. The van der Waals surface area contributed by atoms with Crippen LogP contribution in [-0.4, -0.2) is 46.8 Å². The average Bonchev–Trinajstić information content (AvgIpc) is 2.38. The number of aromatic nitrogens is 2. The van der Waals surface area contributed by atoms with Gasteiger partial charge in [-0.3, -0.25) is 0 Å². The number of carbonyl (C=O) groups is 1. The first kappa shape index (κ1) is 12.8. The van der Waals surface area contributed by atoms with Gasteiger partial charge in [-0.2, -0.15) is 0 Å². The van der Waals surface area contributed by atoms with Gasteiger partial charge in [0.25, 0.3) is 0 Å². The van der Waals surface area contributed by atoms with Crippen LogP contribution in [0.1, 0.15) is 18.4 Å². The number of ether oxygens (including phenoxy) is 1. The average molecular weight is 251 g/mol. The van der Waals surface area contributed by atoms with Crippen molar-refractivity contribution in [1.82, 2.24) is 9.97 Å². The maximum Gasteiger partial charge on any atom is 0.334 e. The number of rotatable bonds is 3. The molecule has 2 heterocycles. The van der Waals surface area contributed by atoms with E-state index in [2.05, 4.69) is 9.97 Å². The zero-order chi connectivity index (χ0) is 13.1. The van der Waals surface area contributed by atoms with Crippen LogP contribution >= 0.6 is 0 Å². The van der Waals surface area contributed by atoms with E-state index in [1.54, 1.807) is 0 Å². The summed E-state index contributed by atoms with van der Waals surface area (Å²) in [5.74, 6) is 0.567. The van der Waals surface area contributed by atoms with E-state index in [1.807, 2.05) is 24.8 Å². The summed E-state index contributed by atoms with van der Waals surface area (Å²) in [5.41, 5.74) is 0.968. The topological polar surface area (TPSA) is 75.5 Å². The van der Waals surface area contributed by atoms with Gasteiger partial charge >= 0.3 is 5.97 Å². The third kappa shape index (κ3) is 2.76. The fraction of sp³-hybridized carbons (Fsp3) is 0.583. The SMILES string of the molecule is CCc1cc(N2CCOC(C(=O)O)C2)nc(C)n1. The summed E-state index contributed by atoms with van der Waals surface area (Å²) in [4.78, 5) is 21.6. The predicted molar refractivity (Wildman–Crippen MR) is 65.7 cm³/mol. The first-order valence-electron chi connectivity index (χ1n) is 6.04. The summed E-state index contributed by atoms with van der Waals surface area (Å²) >= 11 is 0. The monoisotopic (exact) mass is 251 g/mol. The molecule has 0 amide bonds. The van der Waals surface area contributed by atoms with Crippen LogP contribution in [0.25, 0.3) is 0 Å². The molecule has 1 aromatic heterocycles. The van der Waals surface area contributed by atoms with Gasteiger partial charge in [0.15, 0.2) is 6.10 Å². The summed E-state index contributed by atoms with van der Waals surface area (Å²) in [5, 5.41) is 8.97. The molecule has 0 radical (unpaired) electrons. The molecule has 1 saturated heterocycles. The van der Waals surface area contributed by atoms with Gasteiger partial charge in [-0.1, -0.05) is 6.92 Å². The van der Waals surface area contributed by atoms with E-state index in [0.29, 0.717) is 25.5 Å². The highest BCUT2D eigenvalue weighted by Crippen LogP contribution is 2.17. The van der Waals surface area contributed by atoms with Crippen molar-refractivity contribution in [3.8, 4) is 0 Å². The van der Waals surface area contributed by atoms with Crippen molar-refractivity contribution in [1.29, 1.82) is 0 Å². The molecule has 0 spiro atoms. The number of aliphatic carboxylic acids is 1. The molecule has 1 atom stereocenters. The second kappa shape index (κ2) is 5.30. The molecule has 98 valence electrons. The van der Waals surface area contributed by atoms with Gasteiger partial charge in [0.05, 0.1) is 13.2 Å². The zero-order valence-electron chi connectivity index (χ0n) is 10.6. The Morgan fingerprint density at radius 2 is 2.39 bits per heavy atom. The number of carboxylic acid groups (broad SMARTS) is 1. The molecule has 1 unspecified atom stereocenters. The highest BCUT2D eigenvalue weighted by atomic mass is 16.5. The van der Waals surface area contributed by atoms with Crippen LogP contribution in [0.15, 0.2) is 6.07 Å². The van der Waals surface area contributed by atoms with Gasteiger partial charge in [0.1, 0.15) is 11.6 Å². The number of hydrogen-bond acceptors (Lipinski definition) is 5. The molecule has 1 fully saturated rings. The van der Waals surface area contributed by atoms with Crippen molar-refractivity contribution in [3.05, 3.63) is 17.6 Å². The number of nitrogens with zero attached hydrogens (tertiary/aromatic N) is 3. The van der Waals surface area contributed by atoms with Crippen LogP contribution in [0.5, 0.6) is 0 Å². The van der Waals surface area contributed by atoms with Crippen molar-refractivity contribution in [2.45, 2.75) is 26.4 Å². The molecular weight excluding hydrogens is 234 g/mol. The van der Waals surface area contributed by atoms with Crippen LogP contribution < -0.4 is 4.90 Å². The minimum Gasteiger partial charge on any atom is -0.479 e. The highest BCUT2D eigenvalue weighted by molar-refractivity contribution is 5.73. The summed E-state index contributed by atoms with van der Waals surface area (Å²) in [6.07, 6.45) is 0.0578. The molecule has 0 bridgehead atoms. The lowest BCUT2D eigenvalue weighted by Crippen LogP contribution is -2.46. The maximum atomic E-state index is 10.9. The fourth-order valence-electron chi connectivity index (χ4n) is 1.96. The van der Waals surface area contributed by atoms with Crippen molar-refractivity contribution >= 4 is 11.8 Å². The van der Waals surface area contributed by atoms with E-state index >= 15 is 0 Å². The summed E-state index contributed by atoms with van der Waals surface area (Å²) in [7, 11) is 0. The molecule has 6 nitrogen and oxygen atoms in total. The molecule has 0 aromatic carbocycles. The lowest BCUT2D eigenvalue weighted by atomic mass is 10.2. The van der Waals surface area contributed by atoms with Crippen molar-refractivity contribution < 1.29 is 14.6 Å². The molecule has 0 saturated carbocycles. The molecule has 1 aromatic rings. The van der Waals surface area contributed by atoms with Crippen molar-refractivity contribution in [2.24, 2.45) is 0 Å². The van der Waals surface area contributed by atoms with Crippen LogP contribution in [0.4, 0.5) is 5.82 Å². The van der Waals surface area contributed by atoms with Crippen LogP contribution in [0, 0.1) is 6.92 Å². The number of hydrogen-bond donors (Lipinski definition) is 1. The Morgan fingerprint density at radius 3 is 3.06 bits per heavy atom. The summed E-state index contributed by atoms with van der Waals surface area (Å²) < 4.78 is 5.19. The van der Waals surface area contributed by atoms with Gasteiger partial charge in [0.2, 0.25) is 0 Å². The Kier molecular flexibility index (Phi) is 3.76. The lowest BCUT2D eigenvalue weighted by Gasteiger charge is -2.31. The van der Waals surface area contributed by atoms with Crippen molar-refractivity contribution in [2.75, 3.05) is 24.6 Å². The van der Waals surface area contributed by atoms with E-state index in [9.17, 15) is 4.79 Å². The van der Waals surface area contributed by atoms with E-state index in [0.717, 1.165) is 17.9 Å². The molecule has 2 rings (SSSR count). The van der Waals surface area contributed by atoms with Crippen LogP contribution in [0.2, 0.25) is 0 Å². The van der Waals surface area contributed by atoms with Gasteiger partial charge in [-0.25, -0.2) is 14.8 Å². The third-order valence-corrected chi connectivity index (χ3v) is 2.91. The molecule has 1 N–H and O–H groups in total. The Bertz CT molecular complexity index is 450. The molecule has 0 aliphatic carbocycles. The quantitative estimate of drug-likeness (QED) is 0.849. The summed E-state index contributed by atoms with van der Waals surface area (Å²) in [6, 6.07) is 1.91. The Hall–Kier alpha value is -1.69. The van der Waals surface area contributed by atoms with Gasteiger partial charge in [-0.05, 0) is 13.3 Å². The van der Waals surface area contributed by atoms with Gasteiger partial charge in [0, 0.05) is 18.3 Å². The first-order valence-corrected chi connectivity index (χ1v) is 6.04. The standard InChI is InChI=1S/C12H17N3O3/c1-3-9-6-11(14-8(2)13-9)15-4-5-18-10(7-15)12(16)17/h6,10H,3-5,7H2,1-2H3,(H,16,17). The maximum absolute atomic E-state index is 10.9. The Morgan fingerprint density at radius 1 is 1.61 bits per heavy atom. The molecular formula is C12H17N3O3. The molecule has 1 aliphatic heterocycles. The van der Waals surface area contributed by atoms with Gasteiger partial charge in [-0.15, -0.1) is 0 Å². The number of morpholine rings is 1. The largest absolute Gasteiger partial charge is 0.479 e. The Labute approximate surface area is 106 Å². The second-order valence-electron chi connectivity index (χ2n) is 4.26. The van der Waals surface area contributed by atoms with Gasteiger partial charge < -0.3 is 14.7 Å².